The number of nitrogens with one attached hydrogen (secondary N) is 3. The number of aromatic amines is 3. The first-order chi connectivity index (χ1) is 40.8. The van der Waals surface area contributed by atoms with E-state index in [9.17, 15) is 18.3 Å². The van der Waals surface area contributed by atoms with Gasteiger partial charge < -0.3 is 31.3 Å². The molecule has 3 saturated heterocycles. The SMILES string of the molecule is C.CC1(F)CCC2(CCN(c3cnc4c(-c5cccc(Cl)c5Cl)[nH]nc4n3)CC2)C1N.CCC1(O)CCN(c2cnc3c(-c4c(F)cccc4Cl)[nH]nc3n2)CC1.NC1C(F)CCC12CCN(c1cnc3c(-c4cccc(Cl)c4Cl)[nH]nc3n1)CC2. The maximum absolute atomic E-state index is 14.6. The highest BCUT2D eigenvalue weighted by Gasteiger charge is 2.54. The molecule has 0 amide bonds. The predicted octanol–water partition coefficient (Wildman–Crippen LogP) is 13.3. The molecular formula is C60H67Cl5F3N17O. The fourth-order valence-corrected chi connectivity index (χ4v) is 14.2. The number of alkyl halides is 2. The first-order valence-corrected chi connectivity index (χ1v) is 30.5. The van der Waals surface area contributed by atoms with Crippen LogP contribution in [-0.4, -0.2) is 134 Å². The predicted molar refractivity (Wildman–Crippen MR) is 336 cm³/mol. The molecule has 9 aromatic rings. The van der Waals surface area contributed by atoms with Gasteiger partial charge in [-0.1, -0.05) is 103 Å². The summed E-state index contributed by atoms with van der Waals surface area (Å²) >= 11 is 31.1. The minimum Gasteiger partial charge on any atom is -0.390 e. The van der Waals surface area contributed by atoms with E-state index >= 15 is 0 Å². The van der Waals surface area contributed by atoms with Crippen LogP contribution in [0.3, 0.4) is 0 Å². The number of hydrogen-bond donors (Lipinski definition) is 6. The van der Waals surface area contributed by atoms with E-state index in [0.29, 0.717) is 115 Å². The molecule has 454 valence electrons. The Bertz CT molecular complexity index is 3890. The largest absolute Gasteiger partial charge is 0.390 e. The van der Waals surface area contributed by atoms with Crippen LogP contribution in [0.25, 0.3) is 67.3 Å². The molecule has 2 saturated carbocycles. The Hall–Kier alpha value is -6.17. The Labute approximate surface area is 520 Å². The van der Waals surface area contributed by atoms with Crippen molar-refractivity contribution in [2.45, 2.75) is 121 Å². The number of piperidine rings is 3. The standard InChI is InChI=1S/C21H23Cl2FN6.C20H21Cl2FN6.C18H19ClFN5O.CH4/c1-20(24)5-6-21(19(20)25)7-9-30(10-8-21)14-11-26-17-16(28-29-18(17)27-14)12-3-2-4-13(22)15(12)23;21-12-3-1-2-11(15(12)22)16-17-19(28-27-16)26-14(10-25-17)29-8-6-20(7-9-29)5-4-13(23)18(20)24;1-2-18(26)6-8-25(9-7-18)13-10-21-16-15(23-24-17(16)22-13)14-11(19)4-3-5-12(14)20;/h2-4,11,19H,5-10,25H2,1H3,(H,27,28,29);1-3,10,13,18H,4-9,24H2,(H,26,27,28);3-5,10,26H,2,6-9H2,1H3,(H,22,23,24);1H4. The van der Waals surface area contributed by atoms with Crippen LogP contribution in [0.2, 0.25) is 25.1 Å². The van der Waals surface area contributed by atoms with Gasteiger partial charge in [0, 0.05) is 62.5 Å². The number of nitrogens with two attached hydrogens (primary N) is 2. The van der Waals surface area contributed by atoms with Crippen molar-refractivity contribution in [3.63, 3.8) is 0 Å². The van der Waals surface area contributed by atoms with Gasteiger partial charge in [0.1, 0.15) is 51.7 Å². The molecule has 4 unspecified atom stereocenters. The van der Waals surface area contributed by atoms with Crippen LogP contribution in [0.5, 0.6) is 0 Å². The molecule has 4 atom stereocenters. The highest BCUT2D eigenvalue weighted by atomic mass is 35.5. The maximum atomic E-state index is 14.6. The quantitative estimate of drug-likeness (QED) is 0.0869. The van der Waals surface area contributed by atoms with E-state index in [-0.39, 0.29) is 34.9 Å². The molecule has 8 N–H and O–H groups in total. The van der Waals surface area contributed by atoms with E-state index in [4.69, 9.17) is 74.5 Å². The lowest BCUT2D eigenvalue weighted by molar-refractivity contribution is 0.0124. The summed E-state index contributed by atoms with van der Waals surface area (Å²) in [7, 11) is 0. The molecule has 86 heavy (non-hydrogen) atoms. The molecule has 5 fully saturated rings. The molecule has 14 rings (SSSR count). The summed E-state index contributed by atoms with van der Waals surface area (Å²) in [5, 5.41) is 34.1. The Morgan fingerprint density at radius 2 is 1.00 bits per heavy atom. The van der Waals surface area contributed by atoms with E-state index in [1.807, 2.05) is 31.2 Å². The van der Waals surface area contributed by atoms with Crippen molar-refractivity contribution < 1.29 is 18.3 Å². The minimum absolute atomic E-state index is 0. The second kappa shape index (κ2) is 24.4. The number of H-pyrrole nitrogens is 3. The van der Waals surface area contributed by atoms with Gasteiger partial charge in [-0.05, 0) is 113 Å². The van der Waals surface area contributed by atoms with Gasteiger partial charge in [0.05, 0.1) is 71.9 Å². The van der Waals surface area contributed by atoms with Gasteiger partial charge in [0.2, 0.25) is 16.9 Å². The van der Waals surface area contributed by atoms with Gasteiger partial charge in [-0.15, -0.1) is 0 Å². The number of rotatable bonds is 7. The number of hydrogen-bond acceptors (Lipinski definition) is 15. The van der Waals surface area contributed by atoms with Crippen molar-refractivity contribution >= 4 is 109 Å². The highest BCUT2D eigenvalue weighted by molar-refractivity contribution is 6.44. The van der Waals surface area contributed by atoms with Crippen LogP contribution in [0, 0.1) is 16.6 Å². The van der Waals surface area contributed by atoms with Crippen molar-refractivity contribution in [2.75, 3.05) is 54.0 Å². The second-order valence-corrected chi connectivity index (χ2v) is 25.4. The smallest absolute Gasteiger partial charge is 0.202 e. The zero-order valence-corrected chi connectivity index (χ0v) is 50.5. The number of fused-ring (bicyclic) bond motifs is 3. The van der Waals surface area contributed by atoms with E-state index in [1.165, 1.54) is 6.07 Å². The molecule has 18 nitrogen and oxygen atoms in total. The summed E-state index contributed by atoms with van der Waals surface area (Å²) in [5.74, 6) is 1.80. The first kappa shape index (κ1) is 61.5. The number of aromatic nitrogens is 12. The van der Waals surface area contributed by atoms with E-state index < -0.39 is 29.3 Å². The van der Waals surface area contributed by atoms with Gasteiger partial charge >= 0.3 is 0 Å². The summed E-state index contributed by atoms with van der Waals surface area (Å²) in [5.41, 5.74) is 17.2. The lowest BCUT2D eigenvalue weighted by Gasteiger charge is -2.43. The number of halogens is 8. The molecule has 3 aromatic carbocycles. The number of nitrogens with zero attached hydrogens (tertiary/aromatic N) is 12. The number of aliphatic hydroxyl groups is 1. The third-order valence-corrected chi connectivity index (χ3v) is 20.6. The van der Waals surface area contributed by atoms with Gasteiger partial charge in [0.25, 0.3) is 0 Å². The van der Waals surface area contributed by atoms with Crippen LogP contribution in [0.15, 0.2) is 73.2 Å². The molecule has 6 aromatic heterocycles. The second-order valence-electron chi connectivity index (χ2n) is 23.4. The fraction of sp³-hybridized carbons (Fsp3) is 0.450. The van der Waals surface area contributed by atoms with E-state index in [2.05, 4.69) is 70.2 Å². The molecule has 0 bridgehead atoms. The lowest BCUT2D eigenvalue weighted by Crippen LogP contribution is -2.52. The minimum atomic E-state index is -1.27. The molecule has 3 aliphatic heterocycles. The zero-order chi connectivity index (χ0) is 59.6. The molecular weight excluding hydrogens is 1210 g/mol. The number of benzene rings is 3. The van der Waals surface area contributed by atoms with Crippen LogP contribution in [0.4, 0.5) is 30.6 Å². The van der Waals surface area contributed by atoms with E-state index in [0.717, 1.165) is 93.9 Å². The highest BCUT2D eigenvalue weighted by Crippen LogP contribution is 2.52. The zero-order valence-electron chi connectivity index (χ0n) is 46.7. The average Bonchev–Trinajstić information content (AvgIpc) is 2.03. The molecule has 0 radical (unpaired) electrons. The molecule has 5 aliphatic rings. The Balaban J connectivity index is 0.000000134. The van der Waals surface area contributed by atoms with Crippen molar-refractivity contribution in [3.05, 3.63) is 104 Å². The topological polar surface area (TPSA) is 245 Å². The normalized spacial score (nSPS) is 22.3. The van der Waals surface area contributed by atoms with Crippen LogP contribution in [-0.2, 0) is 0 Å². The Morgan fingerprint density at radius 3 is 1.42 bits per heavy atom. The third kappa shape index (κ3) is 11.5. The molecule has 2 spiro atoms. The van der Waals surface area contributed by atoms with Gasteiger partial charge in [-0.3, -0.25) is 15.3 Å². The molecule has 9 heterocycles. The lowest BCUT2D eigenvalue weighted by atomic mass is 9.73. The first-order valence-electron chi connectivity index (χ1n) is 28.6. The van der Waals surface area contributed by atoms with E-state index in [1.54, 1.807) is 49.8 Å². The van der Waals surface area contributed by atoms with Crippen molar-refractivity contribution in [1.29, 1.82) is 0 Å². The van der Waals surface area contributed by atoms with Gasteiger partial charge in [-0.25, -0.2) is 43.1 Å². The Kier molecular flexibility index (Phi) is 17.5. The summed E-state index contributed by atoms with van der Waals surface area (Å²) < 4.78 is 42.8. The summed E-state index contributed by atoms with van der Waals surface area (Å²) in [4.78, 5) is 34.0. The monoisotopic (exact) mass is 1270 g/mol. The third-order valence-electron chi connectivity index (χ3n) is 18.7. The summed E-state index contributed by atoms with van der Waals surface area (Å²) in [6.07, 6.45) is 12.7. The molecule has 2 aliphatic carbocycles. The average molecular weight is 1280 g/mol. The fourth-order valence-electron chi connectivity index (χ4n) is 13.1. The Morgan fingerprint density at radius 1 is 0.581 bits per heavy atom. The van der Waals surface area contributed by atoms with Crippen molar-refractivity contribution in [3.8, 4) is 33.8 Å². The van der Waals surface area contributed by atoms with Gasteiger partial charge in [-0.2, -0.15) is 15.3 Å². The molecule has 26 heteroatoms. The summed E-state index contributed by atoms with van der Waals surface area (Å²) in [6.45, 7) is 8.20. The number of anilines is 3. The van der Waals surface area contributed by atoms with Crippen LogP contribution < -0.4 is 26.2 Å². The maximum Gasteiger partial charge on any atom is 0.202 e. The van der Waals surface area contributed by atoms with Crippen molar-refractivity contribution in [1.82, 2.24) is 60.5 Å². The van der Waals surface area contributed by atoms with Crippen LogP contribution in [0.1, 0.15) is 91.9 Å². The van der Waals surface area contributed by atoms with Crippen LogP contribution >= 0.6 is 58.0 Å². The summed E-state index contributed by atoms with van der Waals surface area (Å²) in [6, 6.07) is 14.6. The van der Waals surface area contributed by atoms with Crippen molar-refractivity contribution in [2.24, 2.45) is 22.3 Å². The van der Waals surface area contributed by atoms with Gasteiger partial charge in [0.15, 0.2) is 0 Å².